The summed E-state index contributed by atoms with van der Waals surface area (Å²) in [4.78, 5) is 26.7. The molecule has 0 aliphatic carbocycles. The minimum atomic E-state index is -3.67. The smallest absolute Gasteiger partial charge is 0.255 e. The van der Waals surface area contributed by atoms with Crippen LogP contribution < -0.4 is 10.2 Å². The van der Waals surface area contributed by atoms with Gasteiger partial charge in [-0.05, 0) is 73.1 Å². The first-order valence-electron chi connectivity index (χ1n) is 11.5. The fraction of sp³-hybridized carbons (Fsp3) is 0.440. The van der Waals surface area contributed by atoms with E-state index in [1.54, 1.807) is 36.1 Å². The van der Waals surface area contributed by atoms with Crippen LogP contribution in [0.15, 0.2) is 47.4 Å². The first-order chi connectivity index (χ1) is 15.6. The molecule has 2 amide bonds. The molecule has 0 spiro atoms. The number of carbonyl (C=O) groups excluding carboxylic acids is 2. The predicted molar refractivity (Wildman–Crippen MR) is 129 cm³/mol. The molecule has 1 N–H and O–H groups in total. The Bertz CT molecular complexity index is 1170. The zero-order valence-corrected chi connectivity index (χ0v) is 20.2. The maximum atomic E-state index is 13.2. The monoisotopic (exact) mass is 469 g/mol. The molecule has 8 heteroatoms. The Morgan fingerprint density at radius 3 is 2.45 bits per heavy atom. The highest BCUT2D eigenvalue weighted by atomic mass is 32.2. The van der Waals surface area contributed by atoms with Crippen LogP contribution in [0, 0.1) is 11.8 Å². The third-order valence-electron chi connectivity index (χ3n) is 6.41. The van der Waals surface area contributed by atoms with Gasteiger partial charge in [-0.2, -0.15) is 4.31 Å². The fourth-order valence-electron chi connectivity index (χ4n) is 4.95. The number of carbonyl (C=O) groups is 2. The van der Waals surface area contributed by atoms with Crippen molar-refractivity contribution in [2.45, 2.75) is 44.9 Å². The second kappa shape index (κ2) is 9.27. The number of piperidine rings is 1. The van der Waals surface area contributed by atoms with Crippen molar-refractivity contribution in [2.75, 3.05) is 29.9 Å². The van der Waals surface area contributed by atoms with Crippen LogP contribution in [0.5, 0.6) is 0 Å². The number of rotatable bonds is 4. The maximum absolute atomic E-state index is 13.2. The topological polar surface area (TPSA) is 86.8 Å². The van der Waals surface area contributed by atoms with Crippen LogP contribution in [0.4, 0.5) is 11.4 Å². The summed E-state index contributed by atoms with van der Waals surface area (Å²) in [6, 6.07) is 11.7. The number of hydrogen-bond acceptors (Lipinski definition) is 4. The summed E-state index contributed by atoms with van der Waals surface area (Å²) >= 11 is 0. The lowest BCUT2D eigenvalue weighted by Crippen LogP contribution is -2.42. The number of nitrogens with one attached hydrogen (secondary N) is 1. The van der Waals surface area contributed by atoms with Gasteiger partial charge in [0.15, 0.2) is 0 Å². The number of nitrogens with zero attached hydrogens (tertiary/aromatic N) is 2. The van der Waals surface area contributed by atoms with E-state index in [2.05, 4.69) is 19.2 Å². The summed E-state index contributed by atoms with van der Waals surface area (Å²) in [5, 5.41) is 2.87. The Morgan fingerprint density at radius 1 is 1.03 bits per heavy atom. The van der Waals surface area contributed by atoms with Crippen molar-refractivity contribution in [1.82, 2.24) is 4.31 Å². The molecule has 2 aromatic rings. The number of aryl methyl sites for hydroxylation is 1. The van der Waals surface area contributed by atoms with E-state index in [1.807, 2.05) is 12.1 Å². The average molecular weight is 470 g/mol. The van der Waals surface area contributed by atoms with Crippen LogP contribution in [-0.2, 0) is 21.2 Å². The molecule has 0 aromatic heterocycles. The summed E-state index contributed by atoms with van der Waals surface area (Å²) in [6.07, 6.45) is 2.72. The van der Waals surface area contributed by atoms with E-state index >= 15 is 0 Å². The Morgan fingerprint density at radius 2 is 1.76 bits per heavy atom. The molecule has 176 valence electrons. The lowest BCUT2D eigenvalue weighted by Gasteiger charge is -2.34. The minimum Gasteiger partial charge on any atom is -0.322 e. The van der Waals surface area contributed by atoms with Crippen molar-refractivity contribution in [3.8, 4) is 0 Å². The number of benzene rings is 2. The van der Waals surface area contributed by atoms with Gasteiger partial charge in [0.1, 0.15) is 0 Å². The van der Waals surface area contributed by atoms with Crippen LogP contribution in [0.25, 0.3) is 0 Å². The van der Waals surface area contributed by atoms with Crippen molar-refractivity contribution in [2.24, 2.45) is 11.8 Å². The van der Waals surface area contributed by atoms with Crippen LogP contribution in [0.1, 0.15) is 49.5 Å². The first-order valence-corrected chi connectivity index (χ1v) is 12.9. The van der Waals surface area contributed by atoms with E-state index < -0.39 is 10.0 Å². The summed E-state index contributed by atoms with van der Waals surface area (Å²) in [7, 11) is -3.67. The molecule has 1 saturated heterocycles. The van der Waals surface area contributed by atoms with Crippen molar-refractivity contribution in [1.29, 1.82) is 0 Å². The van der Waals surface area contributed by atoms with Gasteiger partial charge in [-0.25, -0.2) is 8.42 Å². The van der Waals surface area contributed by atoms with Crippen LogP contribution in [0.2, 0.25) is 0 Å². The molecule has 2 unspecified atom stereocenters. The summed E-state index contributed by atoms with van der Waals surface area (Å²) in [6.45, 7) is 7.37. The predicted octanol–water partition coefficient (Wildman–Crippen LogP) is 3.90. The zero-order valence-electron chi connectivity index (χ0n) is 19.4. The van der Waals surface area contributed by atoms with E-state index in [9.17, 15) is 18.0 Å². The van der Waals surface area contributed by atoms with Gasteiger partial charge < -0.3 is 10.2 Å². The Labute approximate surface area is 195 Å². The number of sulfonamides is 1. The number of anilines is 2. The highest BCUT2D eigenvalue weighted by molar-refractivity contribution is 7.89. The van der Waals surface area contributed by atoms with Crippen molar-refractivity contribution in [3.63, 3.8) is 0 Å². The third-order valence-corrected chi connectivity index (χ3v) is 8.23. The van der Waals surface area contributed by atoms with Gasteiger partial charge in [-0.1, -0.05) is 19.9 Å². The molecule has 7 nitrogen and oxygen atoms in total. The standard InChI is InChI=1S/C25H31N3O4S/c1-17-12-18(2)16-27(15-17)33(31,32)23-8-4-6-21(14-23)25(30)26-22-9-10-24-20(13-22)7-5-11-28(24)19(3)29/h4,6,8-10,13-14,17-18H,5,7,11-12,15-16H2,1-3H3,(H,26,30). The number of fused-ring (bicyclic) bond motifs is 1. The lowest BCUT2D eigenvalue weighted by molar-refractivity contribution is -0.116. The minimum absolute atomic E-state index is 0.00301. The Hall–Kier alpha value is -2.71. The molecular weight excluding hydrogens is 438 g/mol. The quantitative estimate of drug-likeness (QED) is 0.736. The molecule has 2 atom stereocenters. The molecule has 0 saturated carbocycles. The van der Waals surface area contributed by atoms with Crippen molar-refractivity contribution >= 4 is 33.2 Å². The largest absolute Gasteiger partial charge is 0.322 e. The van der Waals surface area contributed by atoms with Crippen molar-refractivity contribution in [3.05, 3.63) is 53.6 Å². The van der Waals surface area contributed by atoms with E-state index in [1.165, 1.54) is 10.4 Å². The Kier molecular flexibility index (Phi) is 6.59. The zero-order chi connectivity index (χ0) is 23.8. The second-order valence-corrected chi connectivity index (χ2v) is 11.3. The third kappa shape index (κ3) is 4.96. The van der Waals surface area contributed by atoms with E-state index in [4.69, 9.17) is 0 Å². The van der Waals surface area contributed by atoms with Gasteiger partial charge in [0.2, 0.25) is 15.9 Å². The molecule has 2 heterocycles. The van der Waals surface area contributed by atoms with Crippen molar-refractivity contribution < 1.29 is 18.0 Å². The summed E-state index contributed by atoms with van der Waals surface area (Å²) in [5.74, 6) is 0.241. The van der Waals surface area contributed by atoms with Crippen LogP contribution in [-0.4, -0.2) is 44.2 Å². The second-order valence-electron chi connectivity index (χ2n) is 9.37. The molecule has 0 bridgehead atoms. The summed E-state index contributed by atoms with van der Waals surface area (Å²) < 4.78 is 28.0. The van der Waals surface area contributed by atoms with Gasteiger partial charge in [0.05, 0.1) is 4.90 Å². The van der Waals surface area contributed by atoms with Crippen LogP contribution >= 0.6 is 0 Å². The van der Waals surface area contributed by atoms with E-state index in [-0.39, 0.29) is 22.3 Å². The molecule has 4 rings (SSSR count). The fourth-order valence-corrected chi connectivity index (χ4v) is 6.68. The Balaban J connectivity index is 1.53. The van der Waals surface area contributed by atoms with E-state index in [0.717, 1.165) is 30.5 Å². The highest BCUT2D eigenvalue weighted by Crippen LogP contribution is 2.30. The molecule has 2 aliphatic rings. The molecular formula is C25H31N3O4S. The number of amides is 2. The van der Waals surface area contributed by atoms with E-state index in [0.29, 0.717) is 37.2 Å². The average Bonchev–Trinajstić information content (AvgIpc) is 2.77. The lowest BCUT2D eigenvalue weighted by atomic mass is 9.94. The maximum Gasteiger partial charge on any atom is 0.255 e. The first kappa shape index (κ1) is 23.4. The van der Waals surface area contributed by atoms with Gasteiger partial charge in [-0.3, -0.25) is 9.59 Å². The van der Waals surface area contributed by atoms with Gasteiger partial charge in [0.25, 0.3) is 5.91 Å². The normalized spacial score (nSPS) is 21.4. The molecule has 33 heavy (non-hydrogen) atoms. The van der Waals surface area contributed by atoms with Crippen LogP contribution in [0.3, 0.4) is 0 Å². The molecule has 2 aliphatic heterocycles. The molecule has 2 aromatic carbocycles. The van der Waals surface area contributed by atoms with Gasteiger partial charge in [-0.15, -0.1) is 0 Å². The molecule has 0 radical (unpaired) electrons. The van der Waals surface area contributed by atoms with Gasteiger partial charge >= 0.3 is 0 Å². The summed E-state index contributed by atoms with van der Waals surface area (Å²) in [5.41, 5.74) is 2.80. The number of hydrogen-bond donors (Lipinski definition) is 1. The van der Waals surface area contributed by atoms with Gasteiger partial charge in [0, 0.05) is 43.5 Å². The molecule has 1 fully saturated rings. The SMILES string of the molecule is CC(=O)N1CCCc2cc(NC(=O)c3cccc(S(=O)(=O)N4CC(C)CC(C)C4)c3)ccc21. The highest BCUT2D eigenvalue weighted by Gasteiger charge is 2.32.